The Morgan fingerprint density at radius 1 is 1.52 bits per heavy atom. The van der Waals surface area contributed by atoms with Gasteiger partial charge < -0.3 is 4.57 Å². The molecule has 2 aromatic rings. The van der Waals surface area contributed by atoms with Crippen LogP contribution in [0.5, 0.6) is 0 Å². The summed E-state index contributed by atoms with van der Waals surface area (Å²) in [7, 11) is 0. The number of allylic oxidation sites excluding steroid dienone is 1. The SMILES string of the molecule is C=CCn1c(SCC(=O)Nc2nncs2)nnc1C1CC1. The Labute approximate surface area is 129 Å². The van der Waals surface area contributed by atoms with E-state index in [4.69, 9.17) is 0 Å². The largest absolute Gasteiger partial charge is 0.302 e. The van der Waals surface area contributed by atoms with Crippen molar-refractivity contribution in [2.24, 2.45) is 0 Å². The van der Waals surface area contributed by atoms with Gasteiger partial charge in [-0.1, -0.05) is 29.2 Å². The number of amides is 1. The van der Waals surface area contributed by atoms with Gasteiger partial charge in [-0.25, -0.2) is 0 Å². The Kier molecular flexibility index (Phi) is 4.30. The average Bonchev–Trinajstić information content (AvgIpc) is 3.04. The van der Waals surface area contributed by atoms with Gasteiger partial charge in [0.2, 0.25) is 11.0 Å². The maximum absolute atomic E-state index is 11.8. The van der Waals surface area contributed by atoms with E-state index < -0.39 is 0 Å². The molecule has 2 heterocycles. The number of nitrogens with zero attached hydrogens (tertiary/aromatic N) is 5. The van der Waals surface area contributed by atoms with Crippen LogP contribution >= 0.6 is 23.1 Å². The van der Waals surface area contributed by atoms with Crippen LogP contribution in [0.1, 0.15) is 24.6 Å². The second-order valence-electron chi connectivity index (χ2n) is 4.60. The summed E-state index contributed by atoms with van der Waals surface area (Å²) in [5.41, 5.74) is 1.57. The van der Waals surface area contributed by atoms with E-state index >= 15 is 0 Å². The number of hydrogen-bond acceptors (Lipinski definition) is 7. The summed E-state index contributed by atoms with van der Waals surface area (Å²) in [6, 6.07) is 0. The molecular formula is C12H14N6OS2. The molecule has 0 saturated heterocycles. The molecule has 21 heavy (non-hydrogen) atoms. The number of nitrogens with one attached hydrogen (secondary N) is 1. The molecule has 9 heteroatoms. The van der Waals surface area contributed by atoms with E-state index in [-0.39, 0.29) is 11.7 Å². The highest BCUT2D eigenvalue weighted by atomic mass is 32.2. The van der Waals surface area contributed by atoms with E-state index in [1.54, 1.807) is 5.51 Å². The molecule has 1 amide bonds. The quantitative estimate of drug-likeness (QED) is 0.619. The van der Waals surface area contributed by atoms with Gasteiger partial charge in [0, 0.05) is 12.5 Å². The lowest BCUT2D eigenvalue weighted by atomic mass is 10.4. The average molecular weight is 322 g/mol. The minimum atomic E-state index is -0.127. The van der Waals surface area contributed by atoms with Crippen LogP contribution in [0.2, 0.25) is 0 Å². The van der Waals surface area contributed by atoms with Crippen LogP contribution in [-0.2, 0) is 11.3 Å². The zero-order chi connectivity index (χ0) is 14.7. The van der Waals surface area contributed by atoms with Gasteiger partial charge in [0.1, 0.15) is 11.3 Å². The van der Waals surface area contributed by atoms with Crippen LogP contribution in [0, 0.1) is 0 Å². The maximum atomic E-state index is 11.8. The first-order valence-electron chi connectivity index (χ1n) is 6.50. The Balaban J connectivity index is 1.61. The summed E-state index contributed by atoms with van der Waals surface area (Å²) in [5.74, 6) is 1.65. The summed E-state index contributed by atoms with van der Waals surface area (Å²) < 4.78 is 2.04. The van der Waals surface area contributed by atoms with E-state index in [0.717, 1.165) is 23.8 Å². The molecule has 1 saturated carbocycles. The molecule has 0 bridgehead atoms. The van der Waals surface area contributed by atoms with Gasteiger partial charge in [0.25, 0.3) is 0 Å². The summed E-state index contributed by atoms with van der Waals surface area (Å²) in [4.78, 5) is 11.8. The van der Waals surface area contributed by atoms with Crippen molar-refractivity contribution in [1.29, 1.82) is 0 Å². The van der Waals surface area contributed by atoms with Gasteiger partial charge in [-0.3, -0.25) is 10.1 Å². The third kappa shape index (κ3) is 3.48. The molecular weight excluding hydrogens is 308 g/mol. The Morgan fingerprint density at radius 2 is 2.38 bits per heavy atom. The van der Waals surface area contributed by atoms with Crippen molar-refractivity contribution in [3.8, 4) is 0 Å². The van der Waals surface area contributed by atoms with Crippen molar-refractivity contribution >= 4 is 34.1 Å². The molecule has 7 nitrogen and oxygen atoms in total. The van der Waals surface area contributed by atoms with Gasteiger partial charge in [0.05, 0.1) is 5.75 Å². The van der Waals surface area contributed by atoms with Crippen molar-refractivity contribution < 1.29 is 4.79 Å². The number of carbonyl (C=O) groups excluding carboxylic acids is 1. The van der Waals surface area contributed by atoms with Crippen molar-refractivity contribution in [3.63, 3.8) is 0 Å². The molecule has 0 atom stereocenters. The predicted octanol–water partition coefficient (Wildman–Crippen LogP) is 1.92. The molecule has 1 aliphatic rings. The topological polar surface area (TPSA) is 85.6 Å². The Hall–Kier alpha value is -1.74. The van der Waals surface area contributed by atoms with E-state index in [2.05, 4.69) is 32.3 Å². The molecule has 1 aliphatic carbocycles. The van der Waals surface area contributed by atoms with Crippen LogP contribution in [0.15, 0.2) is 23.3 Å². The van der Waals surface area contributed by atoms with Gasteiger partial charge >= 0.3 is 0 Å². The zero-order valence-electron chi connectivity index (χ0n) is 11.2. The fourth-order valence-electron chi connectivity index (χ4n) is 1.86. The first kappa shape index (κ1) is 14.2. The second-order valence-corrected chi connectivity index (χ2v) is 6.37. The Bertz CT molecular complexity index is 634. The van der Waals surface area contributed by atoms with E-state index in [9.17, 15) is 4.79 Å². The highest BCUT2D eigenvalue weighted by molar-refractivity contribution is 7.99. The minimum absolute atomic E-state index is 0.127. The fraction of sp³-hybridized carbons (Fsp3) is 0.417. The van der Waals surface area contributed by atoms with Crippen LogP contribution < -0.4 is 5.32 Å². The van der Waals surface area contributed by atoms with Crippen molar-refractivity contribution in [1.82, 2.24) is 25.0 Å². The number of thioether (sulfide) groups is 1. The molecule has 0 unspecified atom stereocenters. The number of anilines is 1. The maximum Gasteiger partial charge on any atom is 0.236 e. The molecule has 0 aromatic carbocycles. The summed E-state index contributed by atoms with van der Waals surface area (Å²) in [5, 5.41) is 19.8. The zero-order valence-corrected chi connectivity index (χ0v) is 12.9. The summed E-state index contributed by atoms with van der Waals surface area (Å²) >= 11 is 2.66. The molecule has 0 radical (unpaired) electrons. The van der Waals surface area contributed by atoms with Gasteiger partial charge in [0.15, 0.2) is 5.16 Å². The van der Waals surface area contributed by atoms with Crippen molar-refractivity contribution in [2.45, 2.75) is 30.5 Å². The molecule has 1 fully saturated rings. The predicted molar refractivity (Wildman–Crippen MR) is 81.5 cm³/mol. The number of aromatic nitrogens is 5. The van der Waals surface area contributed by atoms with Crippen LogP contribution in [0.3, 0.4) is 0 Å². The normalized spacial score (nSPS) is 14.1. The standard InChI is InChI=1S/C12H14N6OS2/c1-2-5-18-10(8-3-4-8)15-17-12(18)20-6-9(19)14-11-16-13-7-21-11/h2,7-8H,1,3-6H2,(H,14,16,19). The van der Waals surface area contributed by atoms with Gasteiger partial charge in [-0.15, -0.1) is 27.0 Å². The lowest BCUT2D eigenvalue weighted by Crippen LogP contribution is -2.14. The smallest absolute Gasteiger partial charge is 0.236 e. The fourth-order valence-corrected chi connectivity index (χ4v) is 3.08. The number of hydrogen-bond donors (Lipinski definition) is 1. The molecule has 2 aromatic heterocycles. The summed E-state index contributed by atoms with van der Waals surface area (Å²) in [6.45, 7) is 4.43. The number of carbonyl (C=O) groups is 1. The monoisotopic (exact) mass is 322 g/mol. The summed E-state index contributed by atoms with van der Waals surface area (Å²) in [6.07, 6.45) is 4.15. The third-order valence-corrected chi connectivity index (χ3v) is 4.51. The molecule has 110 valence electrons. The number of rotatable bonds is 7. The van der Waals surface area contributed by atoms with Crippen molar-refractivity contribution in [2.75, 3.05) is 11.1 Å². The lowest BCUT2D eigenvalue weighted by molar-refractivity contribution is -0.113. The van der Waals surface area contributed by atoms with E-state index in [1.165, 1.54) is 23.1 Å². The molecule has 0 spiro atoms. The molecule has 3 rings (SSSR count). The Morgan fingerprint density at radius 3 is 3.05 bits per heavy atom. The van der Waals surface area contributed by atoms with Crippen molar-refractivity contribution in [3.05, 3.63) is 24.0 Å². The lowest BCUT2D eigenvalue weighted by Gasteiger charge is -2.06. The van der Waals surface area contributed by atoms with Crippen LogP contribution in [-0.4, -0.2) is 36.6 Å². The van der Waals surface area contributed by atoms with E-state index in [1.807, 2.05) is 10.6 Å². The highest BCUT2D eigenvalue weighted by Crippen LogP contribution is 2.40. The second kappa shape index (κ2) is 6.35. The minimum Gasteiger partial charge on any atom is -0.302 e. The van der Waals surface area contributed by atoms with Crippen LogP contribution in [0.4, 0.5) is 5.13 Å². The molecule has 0 aliphatic heterocycles. The molecule has 1 N–H and O–H groups in total. The first-order valence-corrected chi connectivity index (χ1v) is 8.37. The van der Waals surface area contributed by atoms with E-state index in [0.29, 0.717) is 17.6 Å². The van der Waals surface area contributed by atoms with Gasteiger partial charge in [-0.2, -0.15) is 0 Å². The highest BCUT2D eigenvalue weighted by Gasteiger charge is 2.30. The van der Waals surface area contributed by atoms with Gasteiger partial charge in [-0.05, 0) is 12.8 Å². The van der Waals surface area contributed by atoms with Crippen LogP contribution in [0.25, 0.3) is 0 Å². The first-order chi connectivity index (χ1) is 10.3. The third-order valence-electron chi connectivity index (χ3n) is 2.94.